The number of amides is 1. The molecule has 0 aliphatic rings. The van der Waals surface area contributed by atoms with E-state index < -0.39 is 10.0 Å². The van der Waals surface area contributed by atoms with E-state index in [2.05, 4.69) is 10.0 Å². The van der Waals surface area contributed by atoms with Gasteiger partial charge >= 0.3 is 0 Å². The summed E-state index contributed by atoms with van der Waals surface area (Å²) < 4.78 is 25.6. The molecule has 25 heavy (non-hydrogen) atoms. The Hall–Kier alpha value is -2.86. The Morgan fingerprint density at radius 3 is 2.32 bits per heavy atom. The molecular formula is C19H18N2O3S. The zero-order valence-electron chi connectivity index (χ0n) is 13.7. The van der Waals surface area contributed by atoms with Crippen LogP contribution in [0.5, 0.6) is 0 Å². The Morgan fingerprint density at radius 1 is 0.920 bits per heavy atom. The Labute approximate surface area is 146 Å². The second-order valence-corrected chi connectivity index (χ2v) is 7.57. The van der Waals surface area contributed by atoms with Crippen LogP contribution in [0.15, 0.2) is 66.7 Å². The third-order valence-corrected chi connectivity index (χ3v) is 5.15. The van der Waals surface area contributed by atoms with Gasteiger partial charge in [-0.1, -0.05) is 36.4 Å². The zero-order valence-corrected chi connectivity index (χ0v) is 14.5. The highest BCUT2D eigenvalue weighted by Gasteiger charge is 2.10. The van der Waals surface area contributed by atoms with Crippen LogP contribution in [0.4, 0.5) is 11.4 Å². The molecule has 0 fully saturated rings. The highest BCUT2D eigenvalue weighted by molar-refractivity contribution is 7.92. The van der Waals surface area contributed by atoms with Crippen molar-refractivity contribution in [3.05, 3.63) is 72.3 Å². The van der Waals surface area contributed by atoms with Crippen LogP contribution < -0.4 is 10.0 Å². The maximum atomic E-state index is 12.5. The van der Waals surface area contributed by atoms with Crippen molar-refractivity contribution in [2.45, 2.75) is 6.92 Å². The number of carbonyl (C=O) groups excluding carboxylic acids is 1. The van der Waals surface area contributed by atoms with Gasteiger partial charge in [0.05, 0.1) is 5.75 Å². The topological polar surface area (TPSA) is 75.3 Å². The molecule has 6 heteroatoms. The van der Waals surface area contributed by atoms with Gasteiger partial charge in [0.25, 0.3) is 5.91 Å². The normalized spacial score (nSPS) is 11.2. The molecule has 0 atom stereocenters. The van der Waals surface area contributed by atoms with Gasteiger partial charge in [0.2, 0.25) is 10.0 Å². The third-order valence-electron chi connectivity index (χ3n) is 3.84. The molecule has 0 bridgehead atoms. The molecule has 0 saturated heterocycles. The molecule has 0 unspecified atom stereocenters. The van der Waals surface area contributed by atoms with Crippen molar-refractivity contribution in [3.8, 4) is 0 Å². The first kappa shape index (κ1) is 17.0. The Morgan fingerprint density at radius 2 is 1.60 bits per heavy atom. The van der Waals surface area contributed by atoms with Crippen LogP contribution in [0.2, 0.25) is 0 Å². The fourth-order valence-electron chi connectivity index (χ4n) is 2.47. The van der Waals surface area contributed by atoms with Crippen molar-refractivity contribution in [2.75, 3.05) is 15.8 Å². The van der Waals surface area contributed by atoms with E-state index in [4.69, 9.17) is 0 Å². The van der Waals surface area contributed by atoms with Crippen molar-refractivity contribution >= 4 is 38.1 Å². The van der Waals surface area contributed by atoms with Gasteiger partial charge in [-0.2, -0.15) is 0 Å². The lowest BCUT2D eigenvalue weighted by molar-refractivity contribution is 0.102. The van der Waals surface area contributed by atoms with E-state index in [1.54, 1.807) is 31.2 Å². The Kier molecular flexibility index (Phi) is 4.72. The lowest BCUT2D eigenvalue weighted by Crippen LogP contribution is -2.15. The Balaban J connectivity index is 1.79. The SMILES string of the molecule is CCS(=O)(=O)Nc1ccc(C(=O)Nc2cccc3ccccc23)cc1. The summed E-state index contributed by atoms with van der Waals surface area (Å²) in [6.45, 7) is 1.56. The van der Waals surface area contributed by atoms with E-state index in [1.165, 1.54) is 0 Å². The van der Waals surface area contributed by atoms with Crippen molar-refractivity contribution < 1.29 is 13.2 Å². The minimum atomic E-state index is -3.33. The summed E-state index contributed by atoms with van der Waals surface area (Å²) in [5.41, 5.74) is 1.62. The zero-order chi connectivity index (χ0) is 17.9. The molecule has 0 heterocycles. The summed E-state index contributed by atoms with van der Waals surface area (Å²) in [5, 5.41) is 4.91. The highest BCUT2D eigenvalue weighted by Crippen LogP contribution is 2.23. The monoisotopic (exact) mass is 354 g/mol. The maximum Gasteiger partial charge on any atom is 0.255 e. The molecule has 0 aliphatic heterocycles. The fourth-order valence-corrected chi connectivity index (χ4v) is 3.11. The van der Waals surface area contributed by atoms with Crippen LogP contribution in [0.3, 0.4) is 0 Å². The van der Waals surface area contributed by atoms with Crippen molar-refractivity contribution in [3.63, 3.8) is 0 Å². The van der Waals surface area contributed by atoms with Crippen molar-refractivity contribution in [1.82, 2.24) is 0 Å². The number of anilines is 2. The molecule has 1 amide bonds. The summed E-state index contributed by atoms with van der Waals surface area (Å²) in [4.78, 5) is 12.5. The van der Waals surface area contributed by atoms with Crippen LogP contribution in [0.25, 0.3) is 10.8 Å². The third kappa shape index (κ3) is 3.97. The van der Waals surface area contributed by atoms with Gasteiger partial charge in [0.15, 0.2) is 0 Å². The van der Waals surface area contributed by atoms with Gasteiger partial charge in [-0.05, 0) is 42.6 Å². The number of nitrogens with one attached hydrogen (secondary N) is 2. The molecule has 0 radical (unpaired) electrons. The van der Waals surface area contributed by atoms with Crippen LogP contribution in [-0.2, 0) is 10.0 Å². The van der Waals surface area contributed by atoms with Crippen molar-refractivity contribution in [2.24, 2.45) is 0 Å². The number of sulfonamides is 1. The van der Waals surface area contributed by atoms with E-state index in [9.17, 15) is 13.2 Å². The fraction of sp³-hybridized carbons (Fsp3) is 0.105. The molecule has 3 aromatic carbocycles. The quantitative estimate of drug-likeness (QED) is 0.731. The van der Waals surface area contributed by atoms with Gasteiger partial charge in [-0.25, -0.2) is 8.42 Å². The molecule has 5 nitrogen and oxygen atoms in total. The number of benzene rings is 3. The number of hydrogen-bond donors (Lipinski definition) is 2. The minimum Gasteiger partial charge on any atom is -0.321 e. The highest BCUT2D eigenvalue weighted by atomic mass is 32.2. The lowest BCUT2D eigenvalue weighted by Gasteiger charge is -2.10. The first-order chi connectivity index (χ1) is 12.0. The summed E-state index contributed by atoms with van der Waals surface area (Å²) in [6, 6.07) is 19.9. The predicted octanol–water partition coefficient (Wildman–Crippen LogP) is 3.85. The lowest BCUT2D eigenvalue weighted by atomic mass is 10.1. The molecule has 128 valence electrons. The summed E-state index contributed by atoms with van der Waals surface area (Å²) in [6.07, 6.45) is 0. The predicted molar refractivity (Wildman–Crippen MR) is 101 cm³/mol. The summed E-state index contributed by atoms with van der Waals surface area (Å²) in [7, 11) is -3.33. The summed E-state index contributed by atoms with van der Waals surface area (Å²) in [5.74, 6) is -0.252. The van der Waals surface area contributed by atoms with Crippen LogP contribution in [-0.4, -0.2) is 20.1 Å². The second kappa shape index (κ2) is 6.94. The molecule has 0 saturated carbocycles. The maximum absolute atomic E-state index is 12.5. The van der Waals surface area contributed by atoms with Gasteiger partial charge in [0.1, 0.15) is 0 Å². The number of hydrogen-bond acceptors (Lipinski definition) is 3. The molecular weight excluding hydrogens is 336 g/mol. The Bertz CT molecular complexity index is 1010. The number of rotatable bonds is 5. The molecule has 0 spiro atoms. The van der Waals surface area contributed by atoms with Gasteiger partial charge in [-0.3, -0.25) is 9.52 Å². The van der Waals surface area contributed by atoms with Crippen LogP contribution in [0, 0.1) is 0 Å². The average molecular weight is 354 g/mol. The van der Waals surface area contributed by atoms with E-state index in [1.807, 2.05) is 42.5 Å². The first-order valence-electron chi connectivity index (χ1n) is 7.88. The standard InChI is InChI=1S/C19H18N2O3S/c1-2-25(23,24)21-16-12-10-15(11-13-16)19(22)20-18-9-5-7-14-6-3-4-8-17(14)18/h3-13,21H,2H2,1H3,(H,20,22). The second-order valence-electron chi connectivity index (χ2n) is 5.56. The largest absolute Gasteiger partial charge is 0.321 e. The molecule has 2 N–H and O–H groups in total. The molecule has 0 aromatic heterocycles. The van der Waals surface area contributed by atoms with Gasteiger partial charge < -0.3 is 5.32 Å². The smallest absolute Gasteiger partial charge is 0.255 e. The minimum absolute atomic E-state index is 0.00365. The van der Waals surface area contributed by atoms with Crippen LogP contribution >= 0.6 is 0 Å². The molecule has 3 rings (SSSR count). The van der Waals surface area contributed by atoms with E-state index in [0.717, 1.165) is 16.5 Å². The first-order valence-corrected chi connectivity index (χ1v) is 9.53. The molecule has 3 aromatic rings. The average Bonchev–Trinajstić information content (AvgIpc) is 2.62. The van der Waals surface area contributed by atoms with Crippen LogP contribution in [0.1, 0.15) is 17.3 Å². The van der Waals surface area contributed by atoms with E-state index >= 15 is 0 Å². The molecule has 0 aliphatic carbocycles. The van der Waals surface area contributed by atoms with E-state index in [0.29, 0.717) is 11.3 Å². The van der Waals surface area contributed by atoms with E-state index in [-0.39, 0.29) is 11.7 Å². The summed E-state index contributed by atoms with van der Waals surface area (Å²) >= 11 is 0. The van der Waals surface area contributed by atoms with Gasteiger partial charge in [-0.15, -0.1) is 0 Å². The number of fused-ring (bicyclic) bond motifs is 1. The number of carbonyl (C=O) groups is 1. The van der Waals surface area contributed by atoms with Crippen molar-refractivity contribution in [1.29, 1.82) is 0 Å². The van der Waals surface area contributed by atoms with Gasteiger partial charge in [0, 0.05) is 22.3 Å².